The highest BCUT2D eigenvalue weighted by Crippen LogP contribution is 2.32. The SMILES string of the molecule is Oc1ccc(-c2ccc(CCc3ccc(C4CCCCC4)cc3)cc2)cc1. The van der Waals surface area contributed by atoms with E-state index in [1.807, 2.05) is 12.1 Å². The molecule has 3 aromatic rings. The van der Waals surface area contributed by atoms with E-state index in [1.165, 1.54) is 54.4 Å². The summed E-state index contributed by atoms with van der Waals surface area (Å²) in [6.45, 7) is 0. The van der Waals surface area contributed by atoms with Crippen LogP contribution in [-0.4, -0.2) is 5.11 Å². The fourth-order valence-corrected chi connectivity index (χ4v) is 4.20. The summed E-state index contributed by atoms with van der Waals surface area (Å²) in [5, 5.41) is 9.42. The first-order valence-electron chi connectivity index (χ1n) is 10.2. The molecule has 0 aromatic heterocycles. The van der Waals surface area contributed by atoms with Gasteiger partial charge in [-0.25, -0.2) is 0 Å². The first-order chi connectivity index (χ1) is 13.3. The number of rotatable bonds is 5. The Labute approximate surface area is 162 Å². The highest BCUT2D eigenvalue weighted by molar-refractivity contribution is 5.64. The average Bonchev–Trinajstić information content (AvgIpc) is 2.74. The van der Waals surface area contributed by atoms with Gasteiger partial charge in [-0.15, -0.1) is 0 Å². The van der Waals surface area contributed by atoms with E-state index >= 15 is 0 Å². The van der Waals surface area contributed by atoms with Crippen molar-refractivity contribution in [1.82, 2.24) is 0 Å². The number of phenolic OH excluding ortho intramolecular Hbond substituents is 1. The lowest BCUT2D eigenvalue weighted by atomic mass is 9.84. The second-order valence-electron chi connectivity index (χ2n) is 7.82. The zero-order valence-electron chi connectivity index (χ0n) is 15.9. The van der Waals surface area contributed by atoms with Crippen molar-refractivity contribution in [3.05, 3.63) is 89.5 Å². The molecule has 1 saturated carbocycles. The summed E-state index contributed by atoms with van der Waals surface area (Å²) in [5.41, 5.74) is 6.66. The predicted octanol–water partition coefficient (Wildman–Crippen LogP) is 6.89. The summed E-state index contributed by atoms with van der Waals surface area (Å²) in [6, 6.07) is 25.6. The van der Waals surface area contributed by atoms with Crippen molar-refractivity contribution >= 4 is 0 Å². The molecule has 0 atom stereocenters. The molecule has 1 N–H and O–H groups in total. The quantitative estimate of drug-likeness (QED) is 0.527. The molecule has 0 aliphatic heterocycles. The van der Waals surface area contributed by atoms with Crippen molar-refractivity contribution in [1.29, 1.82) is 0 Å². The molecule has 1 nitrogen and oxygen atoms in total. The van der Waals surface area contributed by atoms with Crippen LogP contribution in [-0.2, 0) is 12.8 Å². The van der Waals surface area contributed by atoms with Gasteiger partial charge in [-0.05, 0) is 71.6 Å². The molecule has 138 valence electrons. The summed E-state index contributed by atoms with van der Waals surface area (Å²) in [6.07, 6.45) is 9.10. The Morgan fingerprint density at radius 1 is 0.593 bits per heavy atom. The van der Waals surface area contributed by atoms with E-state index in [-0.39, 0.29) is 0 Å². The molecule has 0 amide bonds. The van der Waals surface area contributed by atoms with Crippen LogP contribution in [0.25, 0.3) is 11.1 Å². The highest BCUT2D eigenvalue weighted by atomic mass is 16.3. The van der Waals surface area contributed by atoms with Crippen molar-refractivity contribution in [2.45, 2.75) is 50.9 Å². The Kier molecular flexibility index (Phi) is 5.58. The van der Waals surface area contributed by atoms with Crippen molar-refractivity contribution in [2.75, 3.05) is 0 Å². The zero-order valence-corrected chi connectivity index (χ0v) is 15.9. The minimum absolute atomic E-state index is 0.310. The summed E-state index contributed by atoms with van der Waals surface area (Å²) >= 11 is 0. The molecule has 3 aromatic carbocycles. The Bertz CT molecular complexity index is 838. The summed E-state index contributed by atoms with van der Waals surface area (Å²) in [7, 11) is 0. The largest absolute Gasteiger partial charge is 0.508 e. The summed E-state index contributed by atoms with van der Waals surface area (Å²) in [5.74, 6) is 1.10. The molecule has 0 unspecified atom stereocenters. The standard InChI is InChI=1S/C26H28O/c27-26-18-16-25(17-19-26)24-14-10-21(11-15-24)7-6-20-8-12-23(13-9-20)22-4-2-1-3-5-22/h8-19,22,27H,1-7H2. The lowest BCUT2D eigenvalue weighted by Gasteiger charge is -2.22. The third-order valence-electron chi connectivity index (χ3n) is 5.91. The lowest BCUT2D eigenvalue weighted by Crippen LogP contribution is -2.04. The highest BCUT2D eigenvalue weighted by Gasteiger charge is 2.14. The normalized spacial score (nSPS) is 15.0. The van der Waals surface area contributed by atoms with Crippen molar-refractivity contribution < 1.29 is 5.11 Å². The average molecular weight is 357 g/mol. The fourth-order valence-electron chi connectivity index (χ4n) is 4.20. The van der Waals surface area contributed by atoms with Gasteiger partial charge in [0.25, 0.3) is 0 Å². The van der Waals surface area contributed by atoms with Gasteiger partial charge in [0.2, 0.25) is 0 Å². The lowest BCUT2D eigenvalue weighted by molar-refractivity contribution is 0.443. The van der Waals surface area contributed by atoms with Gasteiger partial charge in [-0.3, -0.25) is 0 Å². The second-order valence-corrected chi connectivity index (χ2v) is 7.82. The van der Waals surface area contributed by atoms with Crippen molar-refractivity contribution in [3.8, 4) is 16.9 Å². The number of phenols is 1. The van der Waals surface area contributed by atoms with Crippen molar-refractivity contribution in [2.24, 2.45) is 0 Å². The van der Waals surface area contributed by atoms with E-state index in [0.717, 1.165) is 24.3 Å². The van der Waals surface area contributed by atoms with E-state index in [4.69, 9.17) is 0 Å². The Morgan fingerprint density at radius 3 is 1.63 bits per heavy atom. The van der Waals surface area contributed by atoms with Crippen LogP contribution < -0.4 is 0 Å². The monoisotopic (exact) mass is 356 g/mol. The maximum Gasteiger partial charge on any atom is 0.115 e. The van der Waals surface area contributed by atoms with Crippen LogP contribution >= 0.6 is 0 Å². The molecule has 1 fully saturated rings. The molecular formula is C26H28O. The Morgan fingerprint density at radius 2 is 1.07 bits per heavy atom. The molecule has 0 saturated heterocycles. The zero-order chi connectivity index (χ0) is 18.5. The van der Waals surface area contributed by atoms with Crippen LogP contribution in [0.1, 0.15) is 54.7 Å². The van der Waals surface area contributed by atoms with Crippen LogP contribution in [0.2, 0.25) is 0 Å². The molecule has 1 aliphatic carbocycles. The minimum Gasteiger partial charge on any atom is -0.508 e. The van der Waals surface area contributed by atoms with Gasteiger partial charge >= 0.3 is 0 Å². The van der Waals surface area contributed by atoms with E-state index in [2.05, 4.69) is 48.5 Å². The molecule has 0 spiro atoms. The number of benzene rings is 3. The van der Waals surface area contributed by atoms with Crippen LogP contribution in [0.15, 0.2) is 72.8 Å². The maximum absolute atomic E-state index is 9.42. The fraction of sp³-hybridized carbons (Fsp3) is 0.308. The van der Waals surface area contributed by atoms with Gasteiger partial charge in [0, 0.05) is 0 Å². The second kappa shape index (κ2) is 8.43. The molecule has 27 heavy (non-hydrogen) atoms. The molecule has 1 heteroatoms. The first-order valence-corrected chi connectivity index (χ1v) is 10.2. The topological polar surface area (TPSA) is 20.2 Å². The van der Waals surface area contributed by atoms with Crippen LogP contribution in [0.5, 0.6) is 5.75 Å². The van der Waals surface area contributed by atoms with Crippen LogP contribution in [0.3, 0.4) is 0 Å². The van der Waals surface area contributed by atoms with E-state index in [9.17, 15) is 5.11 Å². The molecule has 0 heterocycles. The van der Waals surface area contributed by atoms with E-state index in [1.54, 1.807) is 12.1 Å². The number of hydrogen-bond acceptors (Lipinski definition) is 1. The minimum atomic E-state index is 0.310. The smallest absolute Gasteiger partial charge is 0.115 e. The summed E-state index contributed by atoms with van der Waals surface area (Å²) < 4.78 is 0. The first kappa shape index (κ1) is 17.9. The van der Waals surface area contributed by atoms with Gasteiger partial charge in [0.1, 0.15) is 5.75 Å². The third-order valence-corrected chi connectivity index (χ3v) is 5.91. The number of aromatic hydroxyl groups is 1. The molecule has 0 radical (unpaired) electrons. The Balaban J connectivity index is 1.35. The van der Waals surface area contributed by atoms with Gasteiger partial charge in [0.05, 0.1) is 0 Å². The Hall–Kier alpha value is -2.54. The van der Waals surface area contributed by atoms with Crippen LogP contribution in [0, 0.1) is 0 Å². The van der Waals surface area contributed by atoms with Gasteiger partial charge in [-0.2, -0.15) is 0 Å². The van der Waals surface area contributed by atoms with Gasteiger partial charge in [-0.1, -0.05) is 79.9 Å². The molecule has 4 rings (SSSR count). The van der Waals surface area contributed by atoms with E-state index < -0.39 is 0 Å². The maximum atomic E-state index is 9.42. The third kappa shape index (κ3) is 4.60. The van der Waals surface area contributed by atoms with Crippen LogP contribution in [0.4, 0.5) is 0 Å². The molecular weight excluding hydrogens is 328 g/mol. The van der Waals surface area contributed by atoms with Gasteiger partial charge < -0.3 is 5.11 Å². The predicted molar refractivity (Wildman–Crippen MR) is 113 cm³/mol. The van der Waals surface area contributed by atoms with Gasteiger partial charge in [0.15, 0.2) is 0 Å². The molecule has 0 bridgehead atoms. The molecule has 1 aliphatic rings. The van der Waals surface area contributed by atoms with E-state index in [0.29, 0.717) is 5.75 Å². The number of aryl methyl sites for hydroxylation is 2. The summed E-state index contributed by atoms with van der Waals surface area (Å²) in [4.78, 5) is 0. The van der Waals surface area contributed by atoms with Crippen molar-refractivity contribution in [3.63, 3.8) is 0 Å². The number of hydrogen-bond donors (Lipinski definition) is 1.